The van der Waals surface area contributed by atoms with Crippen LogP contribution < -0.4 is 0 Å². The van der Waals surface area contributed by atoms with Crippen LogP contribution in [0.4, 0.5) is 13.2 Å². The van der Waals surface area contributed by atoms with E-state index in [-0.39, 0.29) is 17.9 Å². The van der Waals surface area contributed by atoms with E-state index in [1.54, 1.807) is 0 Å². The Bertz CT molecular complexity index is 580. The summed E-state index contributed by atoms with van der Waals surface area (Å²) in [6, 6.07) is 5.14. The number of carbonyl (C=O) groups excluding carboxylic acids is 1. The molecule has 1 aromatic heterocycles. The predicted octanol–water partition coefficient (Wildman–Crippen LogP) is 3.41. The second-order valence-electron chi connectivity index (χ2n) is 3.54. The highest BCUT2D eigenvalue weighted by Crippen LogP contribution is 2.38. The Morgan fingerprint density at radius 3 is 2.74 bits per heavy atom. The van der Waals surface area contributed by atoms with Gasteiger partial charge in [0.15, 0.2) is 0 Å². The quantitative estimate of drug-likeness (QED) is 0.864. The van der Waals surface area contributed by atoms with Crippen molar-refractivity contribution in [3.63, 3.8) is 0 Å². The van der Waals surface area contributed by atoms with Crippen molar-refractivity contribution in [3.05, 3.63) is 40.2 Å². The molecule has 0 saturated carbocycles. The minimum atomic E-state index is -4.46. The lowest BCUT2D eigenvalue weighted by Crippen LogP contribution is -2.07. The van der Waals surface area contributed by atoms with Crippen LogP contribution in [0, 0.1) is 0 Å². The summed E-state index contributed by atoms with van der Waals surface area (Å²) in [5.74, 6) is 0. The van der Waals surface area contributed by atoms with Gasteiger partial charge in [0, 0.05) is 5.56 Å². The monoisotopic (exact) mass is 286 g/mol. The van der Waals surface area contributed by atoms with E-state index in [0.717, 1.165) is 17.4 Å². The zero-order chi connectivity index (χ0) is 13.9. The van der Waals surface area contributed by atoms with Gasteiger partial charge < -0.3 is 4.74 Å². The van der Waals surface area contributed by atoms with Gasteiger partial charge in [-0.25, -0.2) is 9.78 Å². The molecule has 0 aliphatic rings. The van der Waals surface area contributed by atoms with Crippen molar-refractivity contribution >= 4 is 17.8 Å². The molecule has 1 aromatic carbocycles. The first-order chi connectivity index (χ1) is 9.04. The molecule has 0 fully saturated rings. The molecule has 1 radical (unpaired) electrons. The first-order valence-electron chi connectivity index (χ1n) is 5.12. The Morgan fingerprint density at radius 1 is 1.32 bits per heavy atom. The Kier molecular flexibility index (Phi) is 3.84. The predicted molar refractivity (Wildman–Crippen MR) is 63.0 cm³/mol. The number of benzene rings is 1. The lowest BCUT2D eigenvalue weighted by atomic mass is 10.0. The van der Waals surface area contributed by atoms with Gasteiger partial charge in [0.1, 0.15) is 6.61 Å². The van der Waals surface area contributed by atoms with Crippen LogP contribution in [0.25, 0.3) is 11.3 Å². The smallest absolute Gasteiger partial charge is 0.417 e. The molecule has 19 heavy (non-hydrogen) atoms. The van der Waals surface area contributed by atoms with Crippen LogP contribution in [0.15, 0.2) is 29.8 Å². The number of rotatable bonds is 4. The molecule has 7 heteroatoms. The Labute approximate surface area is 110 Å². The fourth-order valence-corrected chi connectivity index (χ4v) is 2.31. The van der Waals surface area contributed by atoms with E-state index in [1.165, 1.54) is 30.2 Å². The van der Waals surface area contributed by atoms with Gasteiger partial charge in [-0.05, 0) is 6.07 Å². The van der Waals surface area contributed by atoms with Crippen molar-refractivity contribution in [2.75, 3.05) is 0 Å². The van der Waals surface area contributed by atoms with E-state index >= 15 is 0 Å². The normalized spacial score (nSPS) is 11.3. The molecule has 0 unspecified atom stereocenters. The summed E-state index contributed by atoms with van der Waals surface area (Å²) in [6.45, 7) is 1.09. The molecule has 2 rings (SSSR count). The van der Waals surface area contributed by atoms with Gasteiger partial charge in [0.2, 0.25) is 0 Å². The molecular weight excluding hydrogens is 279 g/mol. The van der Waals surface area contributed by atoms with E-state index in [0.29, 0.717) is 4.88 Å². The third kappa shape index (κ3) is 2.93. The molecule has 0 bridgehead atoms. The van der Waals surface area contributed by atoms with E-state index in [2.05, 4.69) is 9.72 Å². The number of hydrogen-bond acceptors (Lipinski definition) is 4. The summed E-state index contributed by atoms with van der Waals surface area (Å²) >= 11 is 1.12. The van der Waals surface area contributed by atoms with Crippen LogP contribution in [-0.2, 0) is 22.3 Å². The number of hydrogen-bond donors (Lipinski definition) is 0. The molecule has 0 N–H and O–H groups in total. The fourth-order valence-electron chi connectivity index (χ4n) is 1.62. The molecule has 0 atom stereocenters. The van der Waals surface area contributed by atoms with Crippen LogP contribution in [0.3, 0.4) is 0 Å². The highest BCUT2D eigenvalue weighted by molar-refractivity contribution is 7.10. The largest absolute Gasteiger partial charge is 0.451 e. The molecule has 0 amide bonds. The summed E-state index contributed by atoms with van der Waals surface area (Å²) in [6.07, 6.45) is -4.46. The number of ether oxygens (including phenoxy) is 1. The van der Waals surface area contributed by atoms with Gasteiger partial charge in [-0.1, -0.05) is 18.2 Å². The highest BCUT2D eigenvalue weighted by Gasteiger charge is 2.34. The number of aromatic nitrogens is 1. The molecule has 0 aliphatic heterocycles. The van der Waals surface area contributed by atoms with Crippen molar-refractivity contribution in [2.45, 2.75) is 12.8 Å². The van der Waals surface area contributed by atoms with Crippen molar-refractivity contribution in [2.24, 2.45) is 0 Å². The number of thiazole rings is 1. The SMILES string of the molecule is O=[C]OCc1scnc1-c1ccccc1C(F)(F)F. The maximum absolute atomic E-state index is 12.9. The Morgan fingerprint density at radius 2 is 2.05 bits per heavy atom. The average molecular weight is 286 g/mol. The van der Waals surface area contributed by atoms with Crippen LogP contribution in [0.5, 0.6) is 0 Å². The molecule has 99 valence electrons. The molecule has 3 nitrogen and oxygen atoms in total. The van der Waals surface area contributed by atoms with Gasteiger partial charge in [-0.3, -0.25) is 0 Å². The molecule has 0 spiro atoms. The van der Waals surface area contributed by atoms with Crippen molar-refractivity contribution < 1.29 is 22.7 Å². The Hall–Kier alpha value is -1.89. The lowest BCUT2D eigenvalue weighted by Gasteiger charge is -2.12. The minimum Gasteiger partial charge on any atom is -0.451 e. The fraction of sp³-hybridized carbons (Fsp3) is 0.167. The maximum atomic E-state index is 12.9. The summed E-state index contributed by atoms with van der Waals surface area (Å²) in [7, 11) is 0. The first kappa shape index (κ1) is 13.5. The van der Waals surface area contributed by atoms with Gasteiger partial charge in [0.25, 0.3) is 0 Å². The number of nitrogens with zero attached hydrogens (tertiary/aromatic N) is 1. The van der Waals surface area contributed by atoms with Crippen LogP contribution in [0.2, 0.25) is 0 Å². The Balaban J connectivity index is 2.48. The highest BCUT2D eigenvalue weighted by atomic mass is 32.1. The van der Waals surface area contributed by atoms with Crippen LogP contribution in [-0.4, -0.2) is 11.5 Å². The van der Waals surface area contributed by atoms with E-state index in [4.69, 9.17) is 0 Å². The molecule has 1 heterocycles. The van der Waals surface area contributed by atoms with Crippen molar-refractivity contribution in [1.82, 2.24) is 4.98 Å². The van der Waals surface area contributed by atoms with Gasteiger partial charge in [-0.2, -0.15) is 13.2 Å². The van der Waals surface area contributed by atoms with Crippen molar-refractivity contribution in [1.29, 1.82) is 0 Å². The number of alkyl halides is 3. The zero-order valence-corrected chi connectivity index (χ0v) is 10.2. The molecule has 2 aromatic rings. The van der Waals surface area contributed by atoms with E-state index < -0.39 is 11.7 Å². The first-order valence-corrected chi connectivity index (χ1v) is 6.00. The van der Waals surface area contributed by atoms with E-state index in [1.807, 2.05) is 0 Å². The van der Waals surface area contributed by atoms with Crippen LogP contribution in [0.1, 0.15) is 10.4 Å². The summed E-state index contributed by atoms with van der Waals surface area (Å²) in [5.41, 5.74) is 0.789. The summed E-state index contributed by atoms with van der Waals surface area (Å²) in [5, 5.41) is 0. The third-order valence-electron chi connectivity index (χ3n) is 2.39. The lowest BCUT2D eigenvalue weighted by molar-refractivity contribution is -0.137. The molecule has 0 saturated heterocycles. The summed E-state index contributed by atoms with van der Waals surface area (Å²) in [4.78, 5) is 14.4. The zero-order valence-electron chi connectivity index (χ0n) is 9.40. The minimum absolute atomic E-state index is 0.0271. The molecule has 0 aliphatic carbocycles. The van der Waals surface area contributed by atoms with Gasteiger partial charge in [0.05, 0.1) is 21.6 Å². The summed E-state index contributed by atoms with van der Waals surface area (Å²) < 4.78 is 43.2. The van der Waals surface area contributed by atoms with Crippen LogP contribution >= 0.6 is 11.3 Å². The number of halogens is 3. The molecular formula is C12H7F3NO2S. The second-order valence-corrected chi connectivity index (χ2v) is 4.48. The third-order valence-corrected chi connectivity index (χ3v) is 3.20. The standard InChI is InChI=1S/C12H7F3NO2S/c13-12(14,15)9-4-2-1-3-8(9)11-10(5-18-7-17)19-6-16-11/h1-4,6H,5H2. The van der Waals surface area contributed by atoms with Gasteiger partial charge >= 0.3 is 12.6 Å². The second kappa shape index (κ2) is 5.40. The average Bonchev–Trinajstić information content (AvgIpc) is 2.83. The van der Waals surface area contributed by atoms with E-state index in [9.17, 15) is 18.0 Å². The van der Waals surface area contributed by atoms with Crippen molar-refractivity contribution in [3.8, 4) is 11.3 Å². The van der Waals surface area contributed by atoms with Gasteiger partial charge in [-0.15, -0.1) is 11.3 Å². The topological polar surface area (TPSA) is 39.2 Å². The maximum Gasteiger partial charge on any atom is 0.417 e.